The molecule has 0 saturated carbocycles. The summed E-state index contributed by atoms with van der Waals surface area (Å²) < 4.78 is 1.23. The van der Waals surface area contributed by atoms with E-state index in [4.69, 9.17) is 4.84 Å². The fraction of sp³-hybridized carbons (Fsp3) is 0.464. The molecule has 2 aliphatic rings. The third-order valence-corrected chi connectivity index (χ3v) is 10.6. The van der Waals surface area contributed by atoms with Gasteiger partial charge in [0.15, 0.2) is 10.9 Å². The number of oxime groups is 1. The second-order valence-electron chi connectivity index (χ2n) is 11.3. The number of aromatic nitrogens is 4. The van der Waals surface area contributed by atoms with Gasteiger partial charge in [-0.05, 0) is 11.5 Å². The Labute approximate surface area is 300 Å². The summed E-state index contributed by atoms with van der Waals surface area (Å²) in [6.07, 6.45) is -0.432. The molecule has 2 aromatic rings. The molecule has 2 aromatic heterocycles. The van der Waals surface area contributed by atoms with Gasteiger partial charge in [0, 0.05) is 36.8 Å². The molecule has 4 rings (SSSR count). The van der Waals surface area contributed by atoms with E-state index in [2.05, 4.69) is 36.2 Å². The molecule has 1 saturated heterocycles. The number of rotatable bonds is 16. The van der Waals surface area contributed by atoms with Gasteiger partial charge in [0.05, 0.1) is 6.54 Å². The number of thiazole rings is 1. The average Bonchev–Trinajstić information content (AvgIpc) is 3.55. The van der Waals surface area contributed by atoms with Crippen molar-refractivity contribution >= 4 is 76.1 Å². The Morgan fingerprint density at radius 3 is 2.49 bits per heavy atom. The van der Waals surface area contributed by atoms with Crippen molar-refractivity contribution in [1.29, 1.82) is 0 Å². The van der Waals surface area contributed by atoms with Crippen LogP contribution < -0.4 is 27.1 Å². The molecule has 51 heavy (non-hydrogen) atoms. The molecule has 0 aliphatic carbocycles. The van der Waals surface area contributed by atoms with Crippen molar-refractivity contribution in [3.05, 3.63) is 48.1 Å². The van der Waals surface area contributed by atoms with E-state index in [0.717, 1.165) is 28.0 Å². The second-order valence-corrected chi connectivity index (χ2v) is 14.2. The molecule has 23 heteroatoms. The minimum absolute atomic E-state index is 0.0482. The summed E-state index contributed by atoms with van der Waals surface area (Å²) in [6, 6.07) is -2.18. The van der Waals surface area contributed by atoms with Crippen LogP contribution in [0.15, 0.2) is 36.6 Å². The van der Waals surface area contributed by atoms with Crippen LogP contribution in [0.1, 0.15) is 37.4 Å². The topological polar surface area (TPSA) is 284 Å². The molecule has 20 nitrogen and oxygen atoms in total. The van der Waals surface area contributed by atoms with E-state index in [1.807, 2.05) is 0 Å². The average molecular weight is 768 g/mol. The highest BCUT2D eigenvalue weighted by Crippen LogP contribution is 2.41. The predicted octanol–water partition coefficient (Wildman–Crippen LogP) is -1.57. The van der Waals surface area contributed by atoms with Gasteiger partial charge in [0.2, 0.25) is 11.8 Å². The number of aryl methyl sites for hydroxylation is 1. The fourth-order valence-corrected chi connectivity index (χ4v) is 7.91. The van der Waals surface area contributed by atoms with Crippen LogP contribution in [0.25, 0.3) is 0 Å². The zero-order valence-electron chi connectivity index (χ0n) is 27.5. The molecule has 4 heterocycles. The first-order valence-electron chi connectivity index (χ1n) is 15.0. The molecule has 2 aliphatic heterocycles. The number of aliphatic carboxylic acids is 2. The summed E-state index contributed by atoms with van der Waals surface area (Å²) in [6.45, 7) is 3.24. The molecular weight excluding hydrogens is 735 g/mol. The Bertz CT molecular complexity index is 1920. The zero-order valence-corrected chi connectivity index (χ0v) is 29.9. The number of nitrogens with one attached hydrogen (secondary N) is 4. The van der Waals surface area contributed by atoms with Crippen molar-refractivity contribution in [2.75, 3.05) is 18.6 Å². The summed E-state index contributed by atoms with van der Waals surface area (Å²) in [4.78, 5) is 112. The lowest BCUT2D eigenvalue weighted by molar-refractivity contribution is -0.150. The van der Waals surface area contributed by atoms with Gasteiger partial charge in [-0.15, -0.1) is 23.1 Å². The predicted molar refractivity (Wildman–Crippen MR) is 182 cm³/mol. The third kappa shape index (κ3) is 9.21. The highest BCUT2D eigenvalue weighted by Gasteiger charge is 2.54. The molecular formula is C28H33N9O11S3. The van der Waals surface area contributed by atoms with E-state index in [1.165, 1.54) is 36.0 Å². The van der Waals surface area contributed by atoms with Crippen LogP contribution in [0.2, 0.25) is 0 Å². The van der Waals surface area contributed by atoms with Crippen LogP contribution in [-0.4, -0.2) is 112 Å². The summed E-state index contributed by atoms with van der Waals surface area (Å²) in [7, 11) is 2.67. The van der Waals surface area contributed by atoms with Crippen LogP contribution in [-0.2, 0) is 47.2 Å². The van der Waals surface area contributed by atoms with Crippen LogP contribution in [0.4, 0.5) is 0 Å². The first-order chi connectivity index (χ1) is 24.1. The highest BCUT2D eigenvalue weighted by atomic mass is 32.2. The zero-order chi connectivity index (χ0) is 37.6. The molecule has 4 amide bonds. The molecule has 1 fully saturated rings. The number of hydrogen-bond acceptors (Lipinski definition) is 15. The number of carbonyl (C=O) groups excluding carboxylic acids is 4. The molecule has 0 unspecified atom stereocenters. The maximum Gasteiger partial charge on any atom is 0.352 e. The SMILES string of the molecule is CO/N=C(\C(=O)N[C@@H]1C(=O)N2C(C(=O)O)=C(CSc3nc(=O)c(=O)[nH]n3C)CS[C@H]12)c1csc(CNC(=O)CCC(=O)N[C@H](C(=O)O)C(C)C)n1. The van der Waals surface area contributed by atoms with E-state index >= 15 is 0 Å². The number of H-pyrrole nitrogens is 1. The van der Waals surface area contributed by atoms with Gasteiger partial charge >= 0.3 is 23.1 Å². The van der Waals surface area contributed by atoms with Gasteiger partial charge in [-0.3, -0.25) is 43.4 Å². The molecule has 0 spiro atoms. The second kappa shape index (κ2) is 16.8. The summed E-state index contributed by atoms with van der Waals surface area (Å²) in [5, 5.41) is 34.0. The third-order valence-electron chi connectivity index (χ3n) is 7.32. The van der Waals surface area contributed by atoms with E-state index in [0.29, 0.717) is 10.6 Å². The Morgan fingerprint density at radius 1 is 1.14 bits per heavy atom. The quantitative estimate of drug-likeness (QED) is 0.0370. The Morgan fingerprint density at radius 2 is 1.84 bits per heavy atom. The number of aromatic amines is 1. The van der Waals surface area contributed by atoms with Gasteiger partial charge in [-0.25, -0.2) is 14.6 Å². The maximum absolute atomic E-state index is 13.3. The van der Waals surface area contributed by atoms with Crippen LogP contribution >= 0.6 is 34.9 Å². The van der Waals surface area contributed by atoms with Crippen LogP contribution in [0, 0.1) is 5.92 Å². The maximum atomic E-state index is 13.3. The molecule has 0 bridgehead atoms. The minimum Gasteiger partial charge on any atom is -0.480 e. The van der Waals surface area contributed by atoms with Crippen molar-refractivity contribution in [2.24, 2.45) is 18.1 Å². The van der Waals surface area contributed by atoms with Crippen molar-refractivity contribution in [3.8, 4) is 0 Å². The molecule has 0 aromatic carbocycles. The normalized spacial score (nSPS) is 17.7. The fourth-order valence-electron chi connectivity index (χ4n) is 4.79. The van der Waals surface area contributed by atoms with Gasteiger partial charge in [-0.2, -0.15) is 4.98 Å². The van der Waals surface area contributed by atoms with Crippen LogP contribution in [0.3, 0.4) is 0 Å². The van der Waals surface area contributed by atoms with Gasteiger partial charge in [-0.1, -0.05) is 30.8 Å². The number of thioether (sulfide) groups is 2. The Hall–Kier alpha value is -5.03. The summed E-state index contributed by atoms with van der Waals surface area (Å²) in [5.74, 6) is -5.23. The highest BCUT2D eigenvalue weighted by molar-refractivity contribution is 8.01. The smallest absolute Gasteiger partial charge is 0.352 e. The Kier molecular flexibility index (Phi) is 12.8. The number of β-lactam (4-membered cyclic amide) rings is 1. The van der Waals surface area contributed by atoms with E-state index in [9.17, 15) is 48.6 Å². The van der Waals surface area contributed by atoms with Gasteiger partial charge < -0.3 is 31.0 Å². The molecule has 6 N–H and O–H groups in total. The lowest BCUT2D eigenvalue weighted by Crippen LogP contribution is -2.71. The van der Waals surface area contributed by atoms with Crippen molar-refractivity contribution in [3.63, 3.8) is 0 Å². The number of carbonyl (C=O) groups is 6. The monoisotopic (exact) mass is 767 g/mol. The lowest BCUT2D eigenvalue weighted by atomic mass is 10.0. The largest absolute Gasteiger partial charge is 0.480 e. The van der Waals surface area contributed by atoms with E-state index in [1.54, 1.807) is 13.8 Å². The number of carboxylic acids is 2. The van der Waals surface area contributed by atoms with Gasteiger partial charge in [0.25, 0.3) is 11.8 Å². The number of amides is 4. The standard InChI is InChI=1S/C28H33N9O11S3/c1-11(2)17(26(44)45)31-15(39)6-5-14(38)29-7-16-30-13(10-49-16)18(35-48-4)21(40)32-19-24(43)37-20(27(46)47)12(8-50-25(19)37)9-51-28-33-22(41)23(42)34-36(28)3/h10-11,17,19,25H,5-9H2,1-4H3,(H,29,38)(H,31,39)(H,32,40)(H,34,42)(H,44,45)(H,46,47)/b35-18-/t17-,19+,25+/m0/s1. The first kappa shape index (κ1) is 38.8. The number of nitrogens with zero attached hydrogens (tertiary/aromatic N) is 5. The van der Waals surface area contributed by atoms with E-state index < -0.39 is 64.1 Å². The lowest BCUT2D eigenvalue weighted by Gasteiger charge is -2.49. The molecule has 274 valence electrons. The molecule has 3 atom stereocenters. The van der Waals surface area contributed by atoms with E-state index in [-0.39, 0.29) is 59.1 Å². The minimum atomic E-state index is -1.36. The molecule has 0 radical (unpaired) electrons. The van der Waals surface area contributed by atoms with Crippen molar-refractivity contribution in [2.45, 2.75) is 55.8 Å². The first-order valence-corrected chi connectivity index (χ1v) is 17.9. The van der Waals surface area contributed by atoms with Crippen molar-refractivity contribution in [1.82, 2.24) is 40.6 Å². The summed E-state index contributed by atoms with van der Waals surface area (Å²) >= 11 is 3.31. The Balaban J connectivity index is 1.34. The van der Waals surface area contributed by atoms with Gasteiger partial charge in [0.1, 0.15) is 41.0 Å². The summed E-state index contributed by atoms with van der Waals surface area (Å²) in [5.41, 5.74) is -1.99. The van der Waals surface area contributed by atoms with Crippen molar-refractivity contribution < 1.29 is 43.8 Å². The number of carboxylic acid groups (broad SMARTS) is 2. The number of hydrogen-bond donors (Lipinski definition) is 6. The number of fused-ring (bicyclic) bond motifs is 1. The van der Waals surface area contributed by atoms with Crippen LogP contribution in [0.5, 0.6) is 0 Å².